The molecule has 2 N–H and O–H groups in total. The molecule has 0 radical (unpaired) electrons. The van der Waals surface area contributed by atoms with Crippen LogP contribution in [0.25, 0.3) is 0 Å². The highest BCUT2D eigenvalue weighted by Gasteiger charge is 2.16. The molecule has 1 rings (SSSR count). The third kappa shape index (κ3) is 6.03. The first-order valence-corrected chi connectivity index (χ1v) is 6.85. The summed E-state index contributed by atoms with van der Waals surface area (Å²) >= 11 is 0. The van der Waals surface area contributed by atoms with Gasteiger partial charge in [-0.15, -0.1) is 0 Å². The first-order valence-electron chi connectivity index (χ1n) is 6.85. The molecule has 0 aromatic rings. The van der Waals surface area contributed by atoms with Crippen molar-refractivity contribution in [3.8, 4) is 0 Å². The zero-order valence-corrected chi connectivity index (χ0v) is 11.0. The lowest BCUT2D eigenvalue weighted by atomic mass is 10.1. The molecule has 0 spiro atoms. The number of carbonyl (C=O) groups is 1. The van der Waals surface area contributed by atoms with E-state index < -0.39 is 0 Å². The molecule has 17 heavy (non-hydrogen) atoms. The van der Waals surface area contributed by atoms with Gasteiger partial charge in [-0.1, -0.05) is 6.42 Å². The third-order valence-corrected chi connectivity index (χ3v) is 3.42. The number of piperidine rings is 1. The van der Waals surface area contributed by atoms with Crippen molar-refractivity contribution in [3.63, 3.8) is 0 Å². The number of hydrogen-bond acceptors (Lipinski definition) is 3. The lowest BCUT2D eigenvalue weighted by Gasteiger charge is -2.32. The van der Waals surface area contributed by atoms with Gasteiger partial charge in [0.25, 0.3) is 0 Å². The topological polar surface area (TPSA) is 52.6 Å². The lowest BCUT2D eigenvalue weighted by Crippen LogP contribution is -2.44. The molecule has 1 amide bonds. The number of hydrogen-bond donors (Lipinski definition) is 2. The van der Waals surface area contributed by atoms with Gasteiger partial charge in [0.05, 0.1) is 0 Å². The van der Waals surface area contributed by atoms with E-state index in [9.17, 15) is 4.79 Å². The zero-order valence-electron chi connectivity index (χ0n) is 11.0. The lowest BCUT2D eigenvalue weighted by molar-refractivity contribution is -0.121. The SMILES string of the molecule is CC(CNC(=O)CCCCO)N1CCCCC1. The Morgan fingerprint density at radius 1 is 1.29 bits per heavy atom. The molecule has 1 aliphatic rings. The van der Waals surface area contributed by atoms with Crippen molar-refractivity contribution in [1.29, 1.82) is 0 Å². The molecule has 0 aliphatic carbocycles. The van der Waals surface area contributed by atoms with E-state index in [4.69, 9.17) is 5.11 Å². The summed E-state index contributed by atoms with van der Waals surface area (Å²) in [6.07, 6.45) is 5.95. The maximum absolute atomic E-state index is 11.5. The smallest absolute Gasteiger partial charge is 0.220 e. The van der Waals surface area contributed by atoms with Crippen LogP contribution in [0.15, 0.2) is 0 Å². The average molecular weight is 242 g/mol. The molecule has 0 bridgehead atoms. The van der Waals surface area contributed by atoms with Crippen LogP contribution in [0.5, 0.6) is 0 Å². The van der Waals surface area contributed by atoms with Crippen molar-refractivity contribution < 1.29 is 9.90 Å². The minimum atomic E-state index is 0.113. The van der Waals surface area contributed by atoms with Crippen molar-refractivity contribution in [1.82, 2.24) is 10.2 Å². The Kier molecular flexibility index (Phi) is 7.21. The molecule has 100 valence electrons. The quantitative estimate of drug-likeness (QED) is 0.658. The molecule has 1 unspecified atom stereocenters. The summed E-state index contributed by atoms with van der Waals surface area (Å²) in [6.45, 7) is 5.44. The summed E-state index contributed by atoms with van der Waals surface area (Å²) < 4.78 is 0. The Bertz CT molecular complexity index is 215. The van der Waals surface area contributed by atoms with Gasteiger partial charge in [-0.25, -0.2) is 0 Å². The number of carbonyl (C=O) groups excluding carboxylic acids is 1. The van der Waals surface area contributed by atoms with E-state index in [2.05, 4.69) is 17.1 Å². The average Bonchev–Trinajstić information content (AvgIpc) is 2.37. The van der Waals surface area contributed by atoms with Gasteiger partial charge in [0.2, 0.25) is 5.91 Å². The van der Waals surface area contributed by atoms with E-state index in [-0.39, 0.29) is 12.5 Å². The van der Waals surface area contributed by atoms with Crippen molar-refractivity contribution in [2.75, 3.05) is 26.2 Å². The Morgan fingerprint density at radius 3 is 2.65 bits per heavy atom. The van der Waals surface area contributed by atoms with Crippen LogP contribution in [-0.4, -0.2) is 48.2 Å². The van der Waals surface area contributed by atoms with Crippen LogP contribution in [0.3, 0.4) is 0 Å². The van der Waals surface area contributed by atoms with Crippen molar-refractivity contribution in [2.24, 2.45) is 0 Å². The standard InChI is InChI=1S/C13H26N2O2/c1-12(15-8-4-2-5-9-15)11-14-13(17)7-3-6-10-16/h12,16H,2-11H2,1H3,(H,14,17). The number of nitrogens with one attached hydrogen (secondary N) is 1. The van der Waals surface area contributed by atoms with E-state index in [0.29, 0.717) is 12.5 Å². The Balaban J connectivity index is 2.09. The van der Waals surface area contributed by atoms with E-state index in [0.717, 1.165) is 19.4 Å². The first-order chi connectivity index (χ1) is 8.24. The summed E-state index contributed by atoms with van der Waals surface area (Å²) in [5.41, 5.74) is 0. The second-order valence-corrected chi connectivity index (χ2v) is 4.93. The zero-order chi connectivity index (χ0) is 12.5. The monoisotopic (exact) mass is 242 g/mol. The summed E-state index contributed by atoms with van der Waals surface area (Å²) in [5.74, 6) is 0.113. The number of aliphatic hydroxyl groups is 1. The number of unbranched alkanes of at least 4 members (excludes halogenated alkanes) is 1. The van der Waals surface area contributed by atoms with E-state index >= 15 is 0 Å². The second-order valence-electron chi connectivity index (χ2n) is 4.93. The highest BCUT2D eigenvalue weighted by atomic mass is 16.2. The molecule has 4 heteroatoms. The molecule has 1 saturated heterocycles. The number of rotatable bonds is 7. The minimum absolute atomic E-state index is 0.113. The first kappa shape index (κ1) is 14.5. The molecule has 0 aromatic heterocycles. The maximum atomic E-state index is 11.5. The van der Waals surface area contributed by atoms with Gasteiger partial charge >= 0.3 is 0 Å². The van der Waals surface area contributed by atoms with Crippen LogP contribution in [-0.2, 0) is 4.79 Å². The fraction of sp³-hybridized carbons (Fsp3) is 0.923. The molecular weight excluding hydrogens is 216 g/mol. The molecule has 0 aromatic carbocycles. The van der Waals surface area contributed by atoms with Crippen LogP contribution in [0, 0.1) is 0 Å². The fourth-order valence-corrected chi connectivity index (χ4v) is 2.24. The predicted molar refractivity (Wildman–Crippen MR) is 68.8 cm³/mol. The van der Waals surface area contributed by atoms with Gasteiger partial charge in [0, 0.05) is 25.6 Å². The molecule has 4 nitrogen and oxygen atoms in total. The van der Waals surface area contributed by atoms with E-state index in [1.54, 1.807) is 0 Å². The maximum Gasteiger partial charge on any atom is 0.220 e. The van der Waals surface area contributed by atoms with Gasteiger partial charge in [0.1, 0.15) is 0 Å². The number of aliphatic hydroxyl groups excluding tert-OH is 1. The van der Waals surface area contributed by atoms with Crippen LogP contribution < -0.4 is 5.32 Å². The van der Waals surface area contributed by atoms with Crippen LogP contribution >= 0.6 is 0 Å². The highest BCUT2D eigenvalue weighted by molar-refractivity contribution is 5.75. The van der Waals surface area contributed by atoms with Gasteiger partial charge in [-0.2, -0.15) is 0 Å². The highest BCUT2D eigenvalue weighted by Crippen LogP contribution is 2.11. The number of amides is 1. The Morgan fingerprint density at radius 2 is 2.00 bits per heavy atom. The van der Waals surface area contributed by atoms with Gasteiger partial charge in [0.15, 0.2) is 0 Å². The van der Waals surface area contributed by atoms with Gasteiger partial charge in [-0.3, -0.25) is 9.69 Å². The summed E-state index contributed by atoms with van der Waals surface area (Å²) in [7, 11) is 0. The van der Waals surface area contributed by atoms with E-state index in [1.807, 2.05) is 0 Å². The van der Waals surface area contributed by atoms with Crippen molar-refractivity contribution in [3.05, 3.63) is 0 Å². The van der Waals surface area contributed by atoms with E-state index in [1.165, 1.54) is 32.4 Å². The van der Waals surface area contributed by atoms with Crippen LogP contribution in [0.1, 0.15) is 45.4 Å². The largest absolute Gasteiger partial charge is 0.396 e. The van der Waals surface area contributed by atoms with Crippen molar-refractivity contribution in [2.45, 2.75) is 51.5 Å². The molecule has 1 atom stereocenters. The third-order valence-electron chi connectivity index (χ3n) is 3.42. The Hall–Kier alpha value is -0.610. The van der Waals surface area contributed by atoms with Gasteiger partial charge < -0.3 is 10.4 Å². The predicted octanol–water partition coefficient (Wildman–Crippen LogP) is 1.14. The summed E-state index contributed by atoms with van der Waals surface area (Å²) in [5, 5.41) is 11.6. The second kappa shape index (κ2) is 8.48. The fourth-order valence-electron chi connectivity index (χ4n) is 2.24. The molecule has 1 aliphatic heterocycles. The normalized spacial score (nSPS) is 18.9. The molecule has 1 fully saturated rings. The number of likely N-dealkylation sites (tertiary alicyclic amines) is 1. The number of nitrogens with zero attached hydrogens (tertiary/aromatic N) is 1. The Labute approximate surface area is 104 Å². The molecule has 0 saturated carbocycles. The van der Waals surface area contributed by atoms with Crippen LogP contribution in [0.4, 0.5) is 0 Å². The van der Waals surface area contributed by atoms with Crippen LogP contribution in [0.2, 0.25) is 0 Å². The molecular formula is C13H26N2O2. The molecule has 1 heterocycles. The summed E-state index contributed by atoms with van der Waals surface area (Å²) in [6, 6.07) is 0.442. The van der Waals surface area contributed by atoms with Gasteiger partial charge in [-0.05, 0) is 45.7 Å². The van der Waals surface area contributed by atoms with Crippen molar-refractivity contribution >= 4 is 5.91 Å². The summed E-state index contributed by atoms with van der Waals surface area (Å²) in [4.78, 5) is 13.9. The minimum Gasteiger partial charge on any atom is -0.396 e.